The van der Waals surface area contributed by atoms with Crippen LogP contribution < -0.4 is 48.7 Å². The molecule has 0 aromatic carbocycles. The van der Waals surface area contributed by atoms with Crippen LogP contribution in [0, 0.1) is 5.92 Å². The van der Waals surface area contributed by atoms with E-state index in [2.05, 4.69) is 37.2 Å². The van der Waals surface area contributed by atoms with Crippen LogP contribution in [0.2, 0.25) is 0 Å². The van der Waals surface area contributed by atoms with Crippen molar-refractivity contribution in [2.75, 3.05) is 152 Å². The second kappa shape index (κ2) is 49.6. The molecule has 0 fully saturated rings. The van der Waals surface area contributed by atoms with E-state index in [0.717, 1.165) is 0 Å². The maximum Gasteiger partial charge on any atom is 0.246 e. The van der Waals surface area contributed by atoms with Crippen LogP contribution in [-0.2, 0) is 85.8 Å². The van der Waals surface area contributed by atoms with Crippen molar-refractivity contribution >= 4 is 58.8 Å². The highest BCUT2D eigenvalue weighted by molar-refractivity contribution is 5.82. The largest absolute Gasteiger partial charge is 0.377 e. The van der Waals surface area contributed by atoms with Gasteiger partial charge in [-0.1, -0.05) is 6.42 Å². The molecule has 0 rings (SSSR count). The Morgan fingerprint density at radius 1 is 0.347 bits per heavy atom. The fraction of sp³-hybridized carbons (Fsp3) is 0.792. The van der Waals surface area contributed by atoms with Gasteiger partial charge >= 0.3 is 0 Å². The summed E-state index contributed by atoms with van der Waals surface area (Å²) in [5.74, 6) is -3.00. The van der Waals surface area contributed by atoms with E-state index in [1.165, 1.54) is 13.8 Å². The number of primary amides is 2. The average molecular weight is 1080 g/mol. The Morgan fingerprint density at radius 3 is 1.04 bits per heavy atom. The van der Waals surface area contributed by atoms with Crippen LogP contribution in [0.1, 0.15) is 84.5 Å². The summed E-state index contributed by atoms with van der Waals surface area (Å²) < 4.78 is 42.7. The van der Waals surface area contributed by atoms with Crippen LogP contribution in [-0.4, -0.2) is 216 Å². The van der Waals surface area contributed by atoms with Crippen LogP contribution >= 0.6 is 0 Å². The fourth-order valence-electron chi connectivity index (χ4n) is 6.24. The lowest BCUT2D eigenvalue weighted by Crippen LogP contribution is -2.43. The van der Waals surface area contributed by atoms with Gasteiger partial charge in [0.1, 0.15) is 38.0 Å². The third kappa shape index (κ3) is 49.4. The Morgan fingerprint density at radius 2 is 0.693 bits per heavy atom. The van der Waals surface area contributed by atoms with Gasteiger partial charge in [0, 0.05) is 64.4 Å². The molecule has 27 heteroatoms. The molecular weight excluding hydrogens is 991 g/mol. The molecule has 75 heavy (non-hydrogen) atoms. The van der Waals surface area contributed by atoms with Gasteiger partial charge in [-0.05, 0) is 58.8 Å². The number of hydrogen-bond donors (Lipinski definition) is 9. The van der Waals surface area contributed by atoms with E-state index in [0.29, 0.717) is 70.9 Å². The van der Waals surface area contributed by atoms with E-state index in [1.54, 1.807) is 0 Å². The average Bonchev–Trinajstić information content (AvgIpc) is 3.35. The fourth-order valence-corrected chi connectivity index (χ4v) is 6.24. The maximum atomic E-state index is 12.1. The highest BCUT2D eigenvalue weighted by Gasteiger charge is 2.17. The first-order valence-electron chi connectivity index (χ1n) is 25.6. The van der Waals surface area contributed by atoms with Gasteiger partial charge in [-0.25, -0.2) is 0 Å². The van der Waals surface area contributed by atoms with E-state index in [1.807, 2.05) is 0 Å². The lowest BCUT2D eigenvalue weighted by Gasteiger charge is -2.14. The second-order valence-electron chi connectivity index (χ2n) is 17.0. The molecule has 0 aliphatic heterocycles. The van der Waals surface area contributed by atoms with Crippen molar-refractivity contribution in [3.8, 4) is 0 Å². The Labute approximate surface area is 440 Å². The van der Waals surface area contributed by atoms with Gasteiger partial charge in [0.25, 0.3) is 0 Å². The van der Waals surface area contributed by atoms with Crippen molar-refractivity contribution in [3.63, 3.8) is 0 Å². The predicted octanol–water partition coefficient (Wildman–Crippen LogP) is -3.17. The number of ketones is 2. The zero-order valence-corrected chi connectivity index (χ0v) is 44.2. The predicted molar refractivity (Wildman–Crippen MR) is 270 cm³/mol. The maximum absolute atomic E-state index is 12.1. The Hall–Kier alpha value is -5.26. The number of Topliss-reactive ketones (excluding diaryl/α,β-unsaturated/α-hetero) is 2. The Balaban J connectivity index is 3.53. The van der Waals surface area contributed by atoms with Crippen molar-refractivity contribution < 1.29 is 85.8 Å². The molecule has 0 bridgehead atoms. The summed E-state index contributed by atoms with van der Waals surface area (Å²) in [4.78, 5) is 117. The summed E-state index contributed by atoms with van der Waals surface area (Å²) in [5, 5.41) is 19.0. The quantitative estimate of drug-likeness (QED) is 0.0271. The number of nitrogens with two attached hydrogens (primary N) is 2. The standard InChI is InChI=1S/C48H87N9O18/c1-37(58)12-13-39(47(49)66)8-3-5-14-51-43(62)33-72-28-26-70-22-18-55-45(64)35-74-30-24-68-20-16-53-41(60)10-7-11-42(61)54-17-21-69-25-31-75-36-46(65)56-19-23-71-27-29-73-34-44(63)52-15-6-4-9-40(48(50)67)57-32-38(2)59/h39-40,57H,3-36H2,1-2H3,(H2,49,66)(H2,50,67)(H,51,62)(H,52,63)(H,53,60)(H,54,61)(H,55,64)(H,56,65)/t39-,40+/m1/s1. The molecule has 0 spiro atoms. The lowest BCUT2D eigenvalue weighted by molar-refractivity contribution is -0.127. The van der Waals surface area contributed by atoms with E-state index >= 15 is 0 Å². The Bertz CT molecular complexity index is 1520. The molecule has 27 nitrogen and oxygen atoms in total. The van der Waals surface area contributed by atoms with Crippen LogP contribution in [0.4, 0.5) is 0 Å². The van der Waals surface area contributed by atoms with Crippen LogP contribution in [0.5, 0.6) is 0 Å². The minimum atomic E-state index is -0.594. The van der Waals surface area contributed by atoms with Gasteiger partial charge in [0.15, 0.2) is 0 Å². The van der Waals surface area contributed by atoms with Crippen LogP contribution in [0.25, 0.3) is 0 Å². The highest BCUT2D eigenvalue weighted by Crippen LogP contribution is 2.14. The third-order valence-electron chi connectivity index (χ3n) is 10.2. The number of unbranched alkanes of at least 4 members (excludes halogenated alkanes) is 2. The number of ether oxygens (including phenoxy) is 8. The molecule has 0 aromatic heterocycles. The lowest BCUT2D eigenvalue weighted by atomic mass is 9.95. The number of carbonyl (C=O) groups is 10. The Kier molecular flexibility index (Phi) is 46.1. The summed E-state index contributed by atoms with van der Waals surface area (Å²) in [6.45, 7) is 6.92. The monoisotopic (exact) mass is 1080 g/mol. The molecule has 0 aromatic rings. The number of hydrogen-bond acceptors (Lipinski definition) is 19. The number of amides is 8. The zero-order valence-electron chi connectivity index (χ0n) is 44.2. The van der Waals surface area contributed by atoms with Crippen LogP contribution in [0.3, 0.4) is 0 Å². The topological polar surface area (TPSA) is 381 Å². The number of rotatable bonds is 54. The molecule has 0 saturated heterocycles. The number of carbonyl (C=O) groups excluding carboxylic acids is 10. The zero-order chi connectivity index (χ0) is 55.6. The van der Waals surface area contributed by atoms with E-state index in [4.69, 9.17) is 49.4 Å². The van der Waals surface area contributed by atoms with Gasteiger partial charge in [-0.2, -0.15) is 0 Å². The van der Waals surface area contributed by atoms with Crippen molar-refractivity contribution in [2.45, 2.75) is 90.5 Å². The molecule has 2 atom stereocenters. The van der Waals surface area contributed by atoms with Crippen LogP contribution in [0.15, 0.2) is 0 Å². The first-order valence-corrected chi connectivity index (χ1v) is 25.6. The molecule has 432 valence electrons. The minimum Gasteiger partial charge on any atom is -0.377 e. The molecule has 0 radical (unpaired) electrons. The number of nitrogens with one attached hydrogen (secondary N) is 7. The summed E-state index contributed by atoms with van der Waals surface area (Å²) in [6, 6.07) is -0.594. The minimum absolute atomic E-state index is 0.0174. The molecule has 11 N–H and O–H groups in total. The SMILES string of the molecule is CC(=O)CC[C@@H](CCCCNC(=O)COCCOCCNC(=O)COCCOCCNC(=O)CCCC(=O)NCCOCCOCC(=O)NCCOCCOCC(=O)NCCCC[C@H](NCC(C)=O)C(N)=O)C(N)=O. The normalized spacial score (nSPS) is 11.8. The molecule has 0 aliphatic carbocycles. The summed E-state index contributed by atoms with van der Waals surface area (Å²) >= 11 is 0. The van der Waals surface area contributed by atoms with Gasteiger partial charge in [-0.3, -0.25) is 48.5 Å². The highest BCUT2D eigenvalue weighted by atomic mass is 16.5. The molecule has 0 unspecified atom stereocenters. The van der Waals surface area contributed by atoms with E-state index in [-0.39, 0.29) is 204 Å². The van der Waals surface area contributed by atoms with Crippen molar-refractivity contribution in [1.29, 1.82) is 0 Å². The smallest absolute Gasteiger partial charge is 0.246 e. The van der Waals surface area contributed by atoms with Crippen molar-refractivity contribution in [2.24, 2.45) is 17.4 Å². The summed E-state index contributed by atoms with van der Waals surface area (Å²) in [6.07, 6.45) is 5.11. The second-order valence-corrected chi connectivity index (χ2v) is 17.0. The molecule has 0 aliphatic rings. The van der Waals surface area contributed by atoms with E-state index < -0.39 is 17.9 Å². The third-order valence-corrected chi connectivity index (χ3v) is 10.2. The van der Waals surface area contributed by atoms with E-state index in [9.17, 15) is 47.9 Å². The van der Waals surface area contributed by atoms with Gasteiger partial charge < -0.3 is 86.1 Å². The first kappa shape index (κ1) is 69.7. The van der Waals surface area contributed by atoms with Gasteiger partial charge in [0.05, 0.1) is 91.9 Å². The molecule has 8 amide bonds. The van der Waals surface area contributed by atoms with Gasteiger partial charge in [0.2, 0.25) is 47.3 Å². The summed E-state index contributed by atoms with van der Waals surface area (Å²) in [7, 11) is 0. The molecule has 0 saturated carbocycles. The first-order chi connectivity index (χ1) is 36.1. The van der Waals surface area contributed by atoms with Crippen molar-refractivity contribution in [3.05, 3.63) is 0 Å². The van der Waals surface area contributed by atoms with Crippen molar-refractivity contribution in [1.82, 2.24) is 37.2 Å². The molecule has 0 heterocycles. The summed E-state index contributed by atoms with van der Waals surface area (Å²) in [5.41, 5.74) is 10.7. The molecular formula is C48H87N9O18. The van der Waals surface area contributed by atoms with Gasteiger partial charge in [-0.15, -0.1) is 0 Å².